The van der Waals surface area contributed by atoms with Crippen LogP contribution < -0.4 is 10.1 Å². The topological polar surface area (TPSA) is 64.1 Å². The highest BCUT2D eigenvalue weighted by Crippen LogP contribution is 2.24. The van der Waals surface area contributed by atoms with E-state index in [0.29, 0.717) is 19.0 Å². The first-order valence-electron chi connectivity index (χ1n) is 10.2. The summed E-state index contributed by atoms with van der Waals surface area (Å²) in [6.07, 6.45) is 0. The zero-order valence-electron chi connectivity index (χ0n) is 17.0. The molecule has 5 nitrogen and oxygen atoms in total. The predicted octanol–water partition coefficient (Wildman–Crippen LogP) is 4.47. The maximum absolute atomic E-state index is 13.0. The Bertz CT molecular complexity index is 1050. The summed E-state index contributed by atoms with van der Waals surface area (Å²) in [6, 6.07) is 33.1. The van der Waals surface area contributed by atoms with Crippen LogP contribution >= 0.6 is 0 Å². The van der Waals surface area contributed by atoms with E-state index in [0.717, 1.165) is 22.4 Å². The van der Waals surface area contributed by atoms with Crippen molar-refractivity contribution in [1.29, 1.82) is 0 Å². The second-order valence-corrected chi connectivity index (χ2v) is 7.02. The van der Waals surface area contributed by atoms with E-state index in [4.69, 9.17) is 4.74 Å². The SMILES string of the molecule is O=C(NCCOc1ccc(-c2ccccc2)nn1)C(c1ccccc1)c1ccccc1. The molecule has 4 aromatic rings. The van der Waals surface area contributed by atoms with Crippen molar-refractivity contribution in [3.63, 3.8) is 0 Å². The summed E-state index contributed by atoms with van der Waals surface area (Å²) in [5.74, 6) is -0.00421. The first-order valence-corrected chi connectivity index (χ1v) is 10.2. The summed E-state index contributed by atoms with van der Waals surface area (Å²) in [6.45, 7) is 0.679. The number of carbonyl (C=O) groups is 1. The fourth-order valence-corrected chi connectivity index (χ4v) is 3.38. The second-order valence-electron chi connectivity index (χ2n) is 7.02. The van der Waals surface area contributed by atoms with Gasteiger partial charge in [0.15, 0.2) is 0 Å². The highest BCUT2D eigenvalue weighted by Gasteiger charge is 2.22. The minimum atomic E-state index is -0.368. The summed E-state index contributed by atoms with van der Waals surface area (Å²) in [7, 11) is 0. The molecule has 0 atom stereocenters. The van der Waals surface area contributed by atoms with Gasteiger partial charge in [-0.05, 0) is 17.2 Å². The summed E-state index contributed by atoms with van der Waals surface area (Å²) >= 11 is 0. The van der Waals surface area contributed by atoms with Crippen molar-refractivity contribution in [3.05, 3.63) is 114 Å². The fourth-order valence-electron chi connectivity index (χ4n) is 3.38. The number of benzene rings is 3. The van der Waals surface area contributed by atoms with E-state index in [2.05, 4.69) is 15.5 Å². The van der Waals surface area contributed by atoms with Crippen molar-refractivity contribution in [1.82, 2.24) is 15.5 Å². The Balaban J connectivity index is 1.33. The molecule has 3 aromatic carbocycles. The number of hydrogen-bond acceptors (Lipinski definition) is 4. The number of nitrogens with zero attached hydrogens (tertiary/aromatic N) is 2. The van der Waals surface area contributed by atoms with Crippen LogP contribution in [0.2, 0.25) is 0 Å². The third-order valence-corrected chi connectivity index (χ3v) is 4.89. The fraction of sp³-hybridized carbons (Fsp3) is 0.115. The van der Waals surface area contributed by atoms with Gasteiger partial charge >= 0.3 is 0 Å². The van der Waals surface area contributed by atoms with Crippen LogP contribution in [0, 0.1) is 0 Å². The Morgan fingerprint density at radius 2 is 1.32 bits per heavy atom. The van der Waals surface area contributed by atoms with Gasteiger partial charge < -0.3 is 10.1 Å². The van der Waals surface area contributed by atoms with E-state index in [-0.39, 0.29) is 11.8 Å². The highest BCUT2D eigenvalue weighted by atomic mass is 16.5. The van der Waals surface area contributed by atoms with Gasteiger partial charge in [0, 0.05) is 11.6 Å². The lowest BCUT2D eigenvalue weighted by Gasteiger charge is -2.18. The van der Waals surface area contributed by atoms with Gasteiger partial charge in [-0.2, -0.15) is 0 Å². The average Bonchev–Trinajstić information content (AvgIpc) is 2.84. The Kier molecular flexibility index (Phi) is 6.65. The predicted molar refractivity (Wildman–Crippen MR) is 121 cm³/mol. The Labute approximate surface area is 181 Å². The van der Waals surface area contributed by atoms with Gasteiger partial charge in [-0.3, -0.25) is 4.79 Å². The van der Waals surface area contributed by atoms with Gasteiger partial charge in [-0.15, -0.1) is 10.2 Å². The quantitative estimate of drug-likeness (QED) is 0.436. The first kappa shape index (κ1) is 20.3. The van der Waals surface area contributed by atoms with E-state index in [1.54, 1.807) is 6.07 Å². The standard InChI is InChI=1S/C26H23N3O2/c30-26(25(21-12-6-2-7-13-21)22-14-8-3-9-15-22)27-18-19-31-24-17-16-23(28-29-24)20-10-4-1-5-11-20/h1-17,25H,18-19H2,(H,27,30). The monoisotopic (exact) mass is 409 g/mol. The molecule has 1 amide bonds. The van der Waals surface area contributed by atoms with Crippen LogP contribution in [0.15, 0.2) is 103 Å². The molecular weight excluding hydrogens is 386 g/mol. The van der Waals surface area contributed by atoms with Crippen LogP contribution in [-0.2, 0) is 4.79 Å². The largest absolute Gasteiger partial charge is 0.475 e. The number of amides is 1. The molecule has 0 fully saturated rings. The minimum Gasteiger partial charge on any atom is -0.475 e. The maximum Gasteiger partial charge on any atom is 0.233 e. The average molecular weight is 409 g/mol. The zero-order chi connectivity index (χ0) is 21.3. The number of ether oxygens (including phenoxy) is 1. The smallest absolute Gasteiger partial charge is 0.233 e. The molecule has 1 heterocycles. The van der Waals surface area contributed by atoms with Crippen molar-refractivity contribution in [2.75, 3.05) is 13.2 Å². The number of nitrogens with one attached hydrogen (secondary N) is 1. The molecule has 5 heteroatoms. The Morgan fingerprint density at radius 1 is 0.742 bits per heavy atom. The van der Waals surface area contributed by atoms with Crippen molar-refractivity contribution >= 4 is 5.91 Å². The first-order chi connectivity index (χ1) is 15.3. The van der Waals surface area contributed by atoms with Gasteiger partial charge in [-0.1, -0.05) is 91.0 Å². The molecule has 0 aliphatic heterocycles. The van der Waals surface area contributed by atoms with Crippen LogP contribution in [0.3, 0.4) is 0 Å². The van der Waals surface area contributed by atoms with Crippen molar-refractivity contribution in [2.24, 2.45) is 0 Å². The Hall–Kier alpha value is -3.99. The van der Waals surface area contributed by atoms with Crippen molar-refractivity contribution < 1.29 is 9.53 Å². The molecule has 0 bridgehead atoms. The van der Waals surface area contributed by atoms with E-state index in [9.17, 15) is 4.79 Å². The zero-order valence-corrected chi connectivity index (χ0v) is 17.0. The molecule has 0 saturated heterocycles. The third kappa shape index (κ3) is 5.34. The van der Waals surface area contributed by atoms with Gasteiger partial charge in [-0.25, -0.2) is 0 Å². The number of rotatable bonds is 8. The van der Waals surface area contributed by atoms with Crippen LogP contribution in [0.25, 0.3) is 11.3 Å². The second kappa shape index (κ2) is 10.2. The minimum absolute atomic E-state index is 0.0634. The lowest BCUT2D eigenvalue weighted by molar-refractivity contribution is -0.121. The van der Waals surface area contributed by atoms with Crippen LogP contribution in [0.1, 0.15) is 17.0 Å². The number of aromatic nitrogens is 2. The normalized spacial score (nSPS) is 10.6. The third-order valence-electron chi connectivity index (χ3n) is 4.89. The van der Waals surface area contributed by atoms with Gasteiger partial charge in [0.25, 0.3) is 0 Å². The highest BCUT2D eigenvalue weighted by molar-refractivity contribution is 5.87. The summed E-state index contributed by atoms with van der Waals surface area (Å²) in [4.78, 5) is 13.0. The molecule has 31 heavy (non-hydrogen) atoms. The molecule has 1 N–H and O–H groups in total. The van der Waals surface area contributed by atoms with E-state index in [1.807, 2.05) is 97.1 Å². The van der Waals surface area contributed by atoms with Gasteiger partial charge in [0.2, 0.25) is 11.8 Å². The molecule has 0 spiro atoms. The number of hydrogen-bond donors (Lipinski definition) is 1. The summed E-state index contributed by atoms with van der Waals surface area (Å²) in [5.41, 5.74) is 3.69. The van der Waals surface area contributed by atoms with Gasteiger partial charge in [0.1, 0.15) is 6.61 Å². The summed E-state index contributed by atoms with van der Waals surface area (Å²) < 4.78 is 5.65. The van der Waals surface area contributed by atoms with E-state index < -0.39 is 0 Å². The van der Waals surface area contributed by atoms with E-state index >= 15 is 0 Å². The molecule has 0 unspecified atom stereocenters. The molecule has 0 aliphatic carbocycles. The molecular formula is C26H23N3O2. The number of carbonyl (C=O) groups excluding carboxylic acids is 1. The molecule has 1 aromatic heterocycles. The Morgan fingerprint density at radius 3 is 1.87 bits per heavy atom. The van der Waals surface area contributed by atoms with Crippen molar-refractivity contribution in [2.45, 2.75) is 5.92 Å². The van der Waals surface area contributed by atoms with Crippen LogP contribution in [0.4, 0.5) is 0 Å². The van der Waals surface area contributed by atoms with E-state index in [1.165, 1.54) is 0 Å². The summed E-state index contributed by atoms with van der Waals surface area (Å²) in [5, 5.41) is 11.3. The molecule has 0 aliphatic rings. The molecule has 154 valence electrons. The van der Waals surface area contributed by atoms with Crippen molar-refractivity contribution in [3.8, 4) is 17.1 Å². The lowest BCUT2D eigenvalue weighted by atomic mass is 9.90. The van der Waals surface area contributed by atoms with Crippen LogP contribution in [0.5, 0.6) is 5.88 Å². The van der Waals surface area contributed by atoms with Crippen LogP contribution in [-0.4, -0.2) is 29.3 Å². The maximum atomic E-state index is 13.0. The molecule has 0 radical (unpaired) electrons. The lowest BCUT2D eigenvalue weighted by Crippen LogP contribution is -2.33. The molecule has 0 saturated carbocycles. The van der Waals surface area contributed by atoms with Gasteiger partial charge in [0.05, 0.1) is 18.2 Å². The molecule has 4 rings (SSSR count).